The summed E-state index contributed by atoms with van der Waals surface area (Å²) in [6.45, 7) is 5.55. The van der Waals surface area contributed by atoms with E-state index in [2.05, 4.69) is 15.6 Å². The van der Waals surface area contributed by atoms with Crippen molar-refractivity contribution in [3.8, 4) is 0 Å². The highest BCUT2D eigenvalue weighted by molar-refractivity contribution is 5.79. The molecule has 0 fully saturated rings. The third-order valence-corrected chi connectivity index (χ3v) is 3.88. The second-order valence-corrected chi connectivity index (χ2v) is 5.87. The second-order valence-electron chi connectivity index (χ2n) is 5.87. The van der Waals surface area contributed by atoms with Crippen LogP contribution < -0.4 is 10.6 Å². The van der Waals surface area contributed by atoms with E-state index in [9.17, 15) is 14.5 Å². The van der Waals surface area contributed by atoms with Crippen LogP contribution in [0.4, 0.5) is 10.1 Å². The molecule has 26 heavy (non-hydrogen) atoms. The zero-order chi connectivity index (χ0) is 18.9. The zero-order valence-corrected chi connectivity index (χ0v) is 15.0. The summed E-state index contributed by atoms with van der Waals surface area (Å²) in [5.74, 6) is 0.407. The molecule has 2 aromatic rings. The molecule has 0 spiro atoms. The molecule has 0 unspecified atom stereocenters. The predicted molar refractivity (Wildman–Crippen MR) is 101 cm³/mol. The third kappa shape index (κ3) is 5.84. The van der Waals surface area contributed by atoms with Crippen molar-refractivity contribution >= 4 is 11.6 Å². The SMILES string of the molecule is CCNC(=NCc1cccc([N+](=O)[O-])c1)NCCc1ccc(F)cc1C. The van der Waals surface area contributed by atoms with Crippen LogP contribution in [0.5, 0.6) is 0 Å². The predicted octanol–water partition coefficient (Wildman–Crippen LogP) is 3.34. The highest BCUT2D eigenvalue weighted by atomic mass is 19.1. The average Bonchev–Trinajstić information content (AvgIpc) is 2.61. The van der Waals surface area contributed by atoms with E-state index in [1.807, 2.05) is 19.9 Å². The molecule has 2 rings (SSSR count). The van der Waals surface area contributed by atoms with Gasteiger partial charge in [-0.1, -0.05) is 18.2 Å². The van der Waals surface area contributed by atoms with Crippen LogP contribution in [-0.4, -0.2) is 24.0 Å². The topological polar surface area (TPSA) is 79.6 Å². The van der Waals surface area contributed by atoms with Crippen molar-refractivity contribution in [2.45, 2.75) is 26.8 Å². The summed E-state index contributed by atoms with van der Waals surface area (Å²) in [4.78, 5) is 14.9. The molecular formula is C19H23FN4O2. The number of hydrogen-bond acceptors (Lipinski definition) is 3. The van der Waals surface area contributed by atoms with Crippen molar-refractivity contribution in [2.75, 3.05) is 13.1 Å². The van der Waals surface area contributed by atoms with Crippen molar-refractivity contribution in [1.29, 1.82) is 0 Å². The molecule has 0 aliphatic heterocycles. The normalized spacial score (nSPS) is 11.3. The zero-order valence-electron chi connectivity index (χ0n) is 15.0. The van der Waals surface area contributed by atoms with Gasteiger partial charge in [-0.2, -0.15) is 0 Å². The first-order valence-electron chi connectivity index (χ1n) is 8.50. The fourth-order valence-corrected chi connectivity index (χ4v) is 2.54. The maximum atomic E-state index is 13.2. The van der Waals surface area contributed by atoms with Gasteiger partial charge in [-0.25, -0.2) is 9.38 Å². The van der Waals surface area contributed by atoms with E-state index in [4.69, 9.17) is 0 Å². The molecule has 6 nitrogen and oxygen atoms in total. The second kappa shape index (κ2) is 9.50. The van der Waals surface area contributed by atoms with Crippen LogP contribution >= 0.6 is 0 Å². The van der Waals surface area contributed by atoms with Gasteiger partial charge >= 0.3 is 0 Å². The standard InChI is InChI=1S/C19H23FN4O2/c1-3-21-19(22-10-9-16-7-8-17(20)11-14(16)2)23-13-15-5-4-6-18(12-15)24(25)26/h4-8,11-12H,3,9-10,13H2,1-2H3,(H2,21,22,23). The first kappa shape index (κ1) is 19.4. The summed E-state index contributed by atoms with van der Waals surface area (Å²) in [5.41, 5.74) is 2.83. The number of nitrogens with one attached hydrogen (secondary N) is 2. The molecule has 0 bridgehead atoms. The lowest BCUT2D eigenvalue weighted by Gasteiger charge is -2.12. The number of halogens is 1. The number of guanidine groups is 1. The summed E-state index contributed by atoms with van der Waals surface area (Å²) in [6, 6.07) is 11.2. The molecule has 2 aromatic carbocycles. The van der Waals surface area contributed by atoms with Crippen LogP contribution in [0, 0.1) is 22.9 Å². The Hall–Kier alpha value is -2.96. The van der Waals surface area contributed by atoms with Crippen molar-refractivity contribution in [2.24, 2.45) is 4.99 Å². The summed E-state index contributed by atoms with van der Waals surface area (Å²) in [5, 5.41) is 17.2. The minimum Gasteiger partial charge on any atom is -0.357 e. The lowest BCUT2D eigenvalue weighted by Crippen LogP contribution is -2.38. The number of benzene rings is 2. The lowest BCUT2D eigenvalue weighted by atomic mass is 10.1. The van der Waals surface area contributed by atoms with Gasteiger partial charge in [-0.05, 0) is 49.1 Å². The Bertz CT molecular complexity index is 793. The number of hydrogen-bond donors (Lipinski definition) is 2. The van der Waals surface area contributed by atoms with Gasteiger partial charge in [0.1, 0.15) is 5.82 Å². The molecule has 7 heteroatoms. The van der Waals surface area contributed by atoms with Crippen molar-refractivity contribution in [1.82, 2.24) is 10.6 Å². The van der Waals surface area contributed by atoms with E-state index in [0.717, 1.165) is 23.1 Å². The van der Waals surface area contributed by atoms with Gasteiger partial charge in [0.25, 0.3) is 5.69 Å². The molecule has 0 amide bonds. The Morgan fingerprint density at radius 1 is 1.23 bits per heavy atom. The molecule has 2 N–H and O–H groups in total. The van der Waals surface area contributed by atoms with E-state index in [-0.39, 0.29) is 11.5 Å². The van der Waals surface area contributed by atoms with E-state index in [1.165, 1.54) is 24.3 Å². The Morgan fingerprint density at radius 2 is 2.04 bits per heavy atom. The Morgan fingerprint density at radius 3 is 2.73 bits per heavy atom. The van der Waals surface area contributed by atoms with Crippen LogP contribution in [0.1, 0.15) is 23.6 Å². The number of nitro groups is 1. The fourth-order valence-electron chi connectivity index (χ4n) is 2.54. The number of nitrogens with zero attached hydrogens (tertiary/aromatic N) is 2. The number of non-ortho nitro benzene ring substituents is 1. The minimum absolute atomic E-state index is 0.0578. The van der Waals surface area contributed by atoms with Crippen LogP contribution in [0.15, 0.2) is 47.5 Å². The first-order chi connectivity index (χ1) is 12.5. The molecule has 0 heterocycles. The van der Waals surface area contributed by atoms with Crippen LogP contribution in [0.3, 0.4) is 0 Å². The number of aliphatic imine (C=N–C) groups is 1. The van der Waals surface area contributed by atoms with Crippen LogP contribution in [-0.2, 0) is 13.0 Å². The van der Waals surface area contributed by atoms with Gasteiger partial charge < -0.3 is 10.6 Å². The maximum absolute atomic E-state index is 13.2. The highest BCUT2D eigenvalue weighted by Crippen LogP contribution is 2.13. The molecule has 138 valence electrons. The third-order valence-electron chi connectivity index (χ3n) is 3.88. The van der Waals surface area contributed by atoms with E-state index in [0.29, 0.717) is 25.6 Å². The van der Waals surface area contributed by atoms with Gasteiger partial charge in [-0.15, -0.1) is 0 Å². The Labute approximate surface area is 152 Å². The molecule has 0 radical (unpaired) electrons. The summed E-state index contributed by atoms with van der Waals surface area (Å²) < 4.78 is 13.2. The summed E-state index contributed by atoms with van der Waals surface area (Å²) in [7, 11) is 0. The van der Waals surface area contributed by atoms with E-state index in [1.54, 1.807) is 12.1 Å². The maximum Gasteiger partial charge on any atom is 0.269 e. The molecule has 0 saturated carbocycles. The number of aryl methyl sites for hydroxylation is 1. The average molecular weight is 358 g/mol. The molecule has 0 aromatic heterocycles. The number of rotatable bonds is 7. The van der Waals surface area contributed by atoms with E-state index >= 15 is 0 Å². The monoisotopic (exact) mass is 358 g/mol. The smallest absolute Gasteiger partial charge is 0.269 e. The Balaban J connectivity index is 1.96. The van der Waals surface area contributed by atoms with Crippen molar-refractivity contribution in [3.63, 3.8) is 0 Å². The van der Waals surface area contributed by atoms with Gasteiger partial charge in [0.2, 0.25) is 0 Å². The Kier molecular flexibility index (Phi) is 7.08. The quantitative estimate of drug-likeness (QED) is 0.344. The fraction of sp³-hybridized carbons (Fsp3) is 0.316. The van der Waals surface area contributed by atoms with Crippen LogP contribution in [0.25, 0.3) is 0 Å². The molecule has 0 saturated heterocycles. The molecule has 0 aliphatic carbocycles. The van der Waals surface area contributed by atoms with Crippen molar-refractivity contribution < 1.29 is 9.31 Å². The first-order valence-corrected chi connectivity index (χ1v) is 8.50. The van der Waals surface area contributed by atoms with E-state index < -0.39 is 4.92 Å². The van der Waals surface area contributed by atoms with Gasteiger partial charge in [0.05, 0.1) is 11.5 Å². The van der Waals surface area contributed by atoms with Crippen LogP contribution in [0.2, 0.25) is 0 Å². The number of nitro benzene ring substituents is 1. The van der Waals surface area contributed by atoms with Crippen molar-refractivity contribution in [3.05, 3.63) is 75.1 Å². The molecule has 0 aliphatic rings. The summed E-state index contributed by atoms with van der Waals surface area (Å²) >= 11 is 0. The minimum atomic E-state index is -0.415. The highest BCUT2D eigenvalue weighted by Gasteiger charge is 2.06. The summed E-state index contributed by atoms with van der Waals surface area (Å²) in [6.07, 6.45) is 0.743. The van der Waals surface area contributed by atoms with Gasteiger partial charge in [0, 0.05) is 25.2 Å². The molecular weight excluding hydrogens is 335 g/mol. The largest absolute Gasteiger partial charge is 0.357 e. The van der Waals surface area contributed by atoms with Gasteiger partial charge in [0.15, 0.2) is 5.96 Å². The van der Waals surface area contributed by atoms with Gasteiger partial charge in [-0.3, -0.25) is 10.1 Å². The molecule has 0 atom stereocenters. The lowest BCUT2D eigenvalue weighted by molar-refractivity contribution is -0.384.